The summed E-state index contributed by atoms with van der Waals surface area (Å²) < 4.78 is 0.389. The van der Waals surface area contributed by atoms with Gasteiger partial charge in [-0.05, 0) is 20.8 Å². The summed E-state index contributed by atoms with van der Waals surface area (Å²) in [6.07, 6.45) is 2.85. The predicted molar refractivity (Wildman–Crippen MR) is 203 cm³/mol. The van der Waals surface area contributed by atoms with Crippen molar-refractivity contribution in [3.8, 4) is 11.5 Å². The zero-order valence-electron chi connectivity index (χ0n) is 30.3. The van der Waals surface area contributed by atoms with Crippen LogP contribution in [0.3, 0.4) is 0 Å². The first kappa shape index (κ1) is 40.4. The summed E-state index contributed by atoms with van der Waals surface area (Å²) in [4.78, 5) is 79.6. The Morgan fingerprint density at radius 1 is 1.25 bits per heavy atom. The Morgan fingerprint density at radius 3 is 2.57 bits per heavy atom. The molecule has 0 bridgehead atoms. The van der Waals surface area contributed by atoms with E-state index in [0.717, 1.165) is 35.1 Å². The van der Waals surface area contributed by atoms with Crippen molar-refractivity contribution in [2.75, 3.05) is 38.5 Å². The number of benzene rings is 1. The van der Waals surface area contributed by atoms with Crippen LogP contribution in [0.15, 0.2) is 51.2 Å². The number of hydrogen-bond donors (Lipinski definition) is 6. The third-order valence-electron chi connectivity index (χ3n) is 10.1. The number of aromatic amines is 1. The van der Waals surface area contributed by atoms with Crippen LogP contribution >= 0.6 is 34.7 Å². The number of oxime groups is 1. The second-order valence-corrected chi connectivity index (χ2v) is 16.9. The van der Waals surface area contributed by atoms with E-state index < -0.39 is 73.7 Å². The molecule has 3 atom stereocenters. The highest BCUT2D eigenvalue weighted by Crippen LogP contribution is 2.45. The number of nitrogen functional groups attached to an aromatic ring is 1. The van der Waals surface area contributed by atoms with Crippen molar-refractivity contribution < 1.29 is 48.9 Å². The van der Waals surface area contributed by atoms with E-state index in [0.29, 0.717) is 29.7 Å². The molecule has 2 aromatic heterocycles. The summed E-state index contributed by atoms with van der Waals surface area (Å²) in [6, 6.07) is -0.0320. The maximum atomic E-state index is 13.6. The van der Waals surface area contributed by atoms with Crippen molar-refractivity contribution in [3.63, 3.8) is 0 Å². The number of phenols is 2. The van der Waals surface area contributed by atoms with Gasteiger partial charge in [-0.3, -0.25) is 24.1 Å². The van der Waals surface area contributed by atoms with E-state index in [1.54, 1.807) is 0 Å². The molecule has 56 heavy (non-hydrogen) atoms. The molecule has 3 aliphatic rings. The quantitative estimate of drug-likeness (QED) is 0.0327. The molecule has 298 valence electrons. The number of nitrogens with two attached hydrogens (primary N) is 1. The molecule has 3 aliphatic heterocycles. The number of thiazole rings is 1. The Kier molecular flexibility index (Phi) is 11.0. The van der Waals surface area contributed by atoms with Gasteiger partial charge >= 0.3 is 0 Å². The molecule has 6 rings (SSSR count). The van der Waals surface area contributed by atoms with Crippen LogP contribution in [0.1, 0.15) is 49.7 Å². The normalized spacial score (nSPS) is 20.7. The Morgan fingerprint density at radius 2 is 1.95 bits per heavy atom. The minimum atomic E-state index is -1.55. The summed E-state index contributed by atoms with van der Waals surface area (Å²) >= 11 is 8.42. The van der Waals surface area contributed by atoms with Crippen LogP contribution < -0.4 is 32.0 Å². The number of nitrogens with zero attached hydrogens (tertiary/aromatic N) is 4. The molecule has 0 saturated carbocycles. The predicted octanol–water partition coefficient (Wildman–Crippen LogP) is -0.162. The maximum Gasteiger partial charge on any atom is 0.276 e. The number of fused-ring (bicyclic) bond motifs is 2. The molecular weight excluding hydrogens is 792 g/mol. The Balaban J connectivity index is 1.18. The zero-order chi connectivity index (χ0) is 40.9. The lowest BCUT2D eigenvalue weighted by Gasteiger charge is -2.53. The minimum absolute atomic E-state index is 0.0360. The number of aliphatic carboxylic acids is 1. The number of β-lactam (4-membered cyclic amide) rings is 1. The number of rotatable bonds is 13. The zero-order valence-corrected chi connectivity index (χ0v) is 32.7. The van der Waals surface area contributed by atoms with E-state index in [1.807, 2.05) is 6.92 Å². The lowest BCUT2D eigenvalue weighted by molar-refractivity contribution is -0.911. The number of anilines is 1. The van der Waals surface area contributed by atoms with E-state index in [1.165, 1.54) is 37.2 Å². The summed E-state index contributed by atoms with van der Waals surface area (Å²) in [7, 11) is 0. The summed E-state index contributed by atoms with van der Waals surface area (Å²) in [5.41, 5.74) is 3.26. The van der Waals surface area contributed by atoms with Gasteiger partial charge in [-0.1, -0.05) is 22.5 Å². The van der Waals surface area contributed by atoms with Crippen LogP contribution in [-0.2, 0) is 19.2 Å². The molecule has 0 radical (unpaired) electrons. The molecule has 18 nitrogen and oxygen atoms in total. The van der Waals surface area contributed by atoms with Gasteiger partial charge in [0.25, 0.3) is 17.7 Å². The molecule has 2 fully saturated rings. The fourth-order valence-corrected chi connectivity index (χ4v) is 9.15. The van der Waals surface area contributed by atoms with Crippen molar-refractivity contribution in [1.29, 1.82) is 0 Å². The number of pyridine rings is 1. The molecule has 21 heteroatoms. The van der Waals surface area contributed by atoms with E-state index >= 15 is 0 Å². The number of phenolic OH excluding ortho intramolecular Hbond substituents is 2. The molecule has 3 aromatic rings. The minimum Gasteiger partial charge on any atom is -0.873 e. The highest BCUT2D eigenvalue weighted by atomic mass is 35.5. The monoisotopic (exact) mass is 829 g/mol. The average molecular weight is 830 g/mol. The number of carbonyl (C=O) groups excluding carboxylic acids is 4. The van der Waals surface area contributed by atoms with Gasteiger partial charge in [0.05, 0.1) is 53.8 Å². The van der Waals surface area contributed by atoms with Gasteiger partial charge in [0, 0.05) is 41.3 Å². The Hall–Kier alpha value is -5.31. The van der Waals surface area contributed by atoms with Crippen LogP contribution in [0, 0.1) is 0 Å². The van der Waals surface area contributed by atoms with Crippen LogP contribution in [-0.4, -0.2) is 114 Å². The molecule has 7 N–H and O–H groups in total. The Bertz CT molecular complexity index is 2280. The van der Waals surface area contributed by atoms with Gasteiger partial charge in [0.1, 0.15) is 34.8 Å². The van der Waals surface area contributed by atoms with E-state index in [4.69, 9.17) is 22.2 Å². The SMILES string of the molecule is C=C([O-])C(C)(C)O/N=C(\C(=O)N[C@@H]1C(=O)N2C(C(=O)[O-])=C(C[N+]3(CCNC(=O)c4c[nH]c5cc(O)c(O)c(Cl)c5c4=O)CCCC3)[C@H](C)S[C@H]12)c1csc(N)n1. The van der Waals surface area contributed by atoms with Crippen molar-refractivity contribution in [2.45, 2.75) is 55.9 Å². The van der Waals surface area contributed by atoms with Crippen LogP contribution in [0.25, 0.3) is 10.9 Å². The largest absolute Gasteiger partial charge is 0.873 e. The number of hydrogen-bond acceptors (Lipinski definition) is 15. The summed E-state index contributed by atoms with van der Waals surface area (Å²) in [6.45, 7) is 9.98. The summed E-state index contributed by atoms with van der Waals surface area (Å²) in [5.74, 6) is -5.64. The second-order valence-electron chi connectivity index (χ2n) is 14.2. The molecular formula is C35H38ClN8O10S2-. The van der Waals surface area contributed by atoms with Crippen LogP contribution in [0.2, 0.25) is 5.02 Å². The van der Waals surface area contributed by atoms with Gasteiger partial charge in [0.15, 0.2) is 22.3 Å². The average Bonchev–Trinajstić information content (AvgIpc) is 3.79. The van der Waals surface area contributed by atoms with Gasteiger partial charge < -0.3 is 55.9 Å². The van der Waals surface area contributed by atoms with Gasteiger partial charge in [0.2, 0.25) is 5.43 Å². The molecule has 3 amide bonds. The molecule has 5 heterocycles. The smallest absolute Gasteiger partial charge is 0.276 e. The number of aromatic nitrogens is 2. The van der Waals surface area contributed by atoms with Crippen LogP contribution in [0.4, 0.5) is 5.13 Å². The number of carbonyl (C=O) groups is 4. The topological polar surface area (TPSA) is 276 Å². The molecule has 2 saturated heterocycles. The highest BCUT2D eigenvalue weighted by molar-refractivity contribution is 8.00. The maximum absolute atomic E-state index is 13.6. The second kappa shape index (κ2) is 15.3. The first-order valence-corrected chi connectivity index (χ1v) is 19.5. The number of halogens is 1. The first-order valence-electron chi connectivity index (χ1n) is 17.3. The van der Waals surface area contributed by atoms with Gasteiger partial charge in [-0.2, -0.15) is 0 Å². The van der Waals surface area contributed by atoms with Crippen molar-refractivity contribution in [2.24, 2.45) is 5.16 Å². The highest BCUT2D eigenvalue weighted by Gasteiger charge is 2.55. The summed E-state index contributed by atoms with van der Waals surface area (Å²) in [5, 5.41) is 53.5. The number of H-pyrrole nitrogens is 1. The number of carboxylic acid groups (broad SMARTS) is 1. The van der Waals surface area contributed by atoms with E-state index in [2.05, 4.69) is 32.3 Å². The van der Waals surface area contributed by atoms with Gasteiger partial charge in [-0.15, -0.1) is 29.7 Å². The third kappa shape index (κ3) is 7.48. The van der Waals surface area contributed by atoms with Crippen LogP contribution in [0.5, 0.6) is 11.5 Å². The molecule has 0 spiro atoms. The molecule has 1 aromatic carbocycles. The number of thioether (sulfide) groups is 1. The van der Waals surface area contributed by atoms with Crippen molar-refractivity contribution >= 4 is 80.1 Å². The Labute approximate surface area is 332 Å². The number of likely N-dealkylation sites (tertiary alicyclic amines) is 1. The van der Waals surface area contributed by atoms with E-state index in [-0.39, 0.29) is 51.8 Å². The lowest BCUT2D eigenvalue weighted by Crippen LogP contribution is -2.72. The van der Waals surface area contributed by atoms with Crippen molar-refractivity contribution in [1.82, 2.24) is 25.5 Å². The van der Waals surface area contributed by atoms with Gasteiger partial charge in [-0.25, -0.2) is 4.98 Å². The fourth-order valence-electron chi connectivity index (χ4n) is 6.88. The number of aromatic hydroxyl groups is 2. The number of nitrogens with one attached hydrogen (secondary N) is 3. The standard InChI is InChI=1S/C35H39ClN8O10S2/c1-15-18(13-44(8-5-6-9-44)10-7-38-29(49)17-12-39-19-11-21(46)28(48)23(36)22(19)27(17)47)26(33(52)53)43-31(51)25(32(43)56-15)41-30(50)24(20-14-55-34(37)40-20)42-54-35(3,4)16(2)45/h11-12,14-15,25,32H,2,5-10,13H2,1,3-4H3,(H8-,37,38,39,40,41,42,45,46,47,48,49,50,52,53)/p-1/t15-,25+,32+/m0/s1. The van der Waals surface area contributed by atoms with Crippen molar-refractivity contribution in [3.05, 3.63) is 67.8 Å². The van der Waals surface area contributed by atoms with E-state index in [9.17, 15) is 44.4 Å². The fraction of sp³-hybridized carbons (Fsp3) is 0.400. The lowest BCUT2D eigenvalue weighted by atomic mass is 9.99. The number of carboxylic acids is 1. The third-order valence-corrected chi connectivity index (χ3v) is 12.6. The number of amides is 3. The molecule has 0 aliphatic carbocycles. The number of quaternary nitrogens is 1. The molecule has 0 unspecified atom stereocenters. The first-order chi connectivity index (χ1) is 26.4.